The summed E-state index contributed by atoms with van der Waals surface area (Å²) in [6.45, 7) is 0. The third kappa shape index (κ3) is 2.67. The van der Waals surface area contributed by atoms with E-state index in [2.05, 4.69) is 31.2 Å². The van der Waals surface area contributed by atoms with Crippen molar-refractivity contribution in [3.8, 4) is 0 Å². The van der Waals surface area contributed by atoms with Crippen molar-refractivity contribution in [3.05, 3.63) is 46.3 Å². The highest BCUT2D eigenvalue weighted by Gasteiger charge is 2.01. The van der Waals surface area contributed by atoms with E-state index >= 15 is 0 Å². The van der Waals surface area contributed by atoms with E-state index < -0.39 is 0 Å². The molecule has 0 aliphatic carbocycles. The molecule has 76 valence electrons. The Hall–Kier alpha value is -1.13. The number of anilines is 2. The summed E-state index contributed by atoms with van der Waals surface area (Å²) in [6, 6.07) is 7.74. The van der Waals surface area contributed by atoms with Crippen LogP contribution in [0.4, 0.5) is 11.5 Å². The Morgan fingerprint density at radius 3 is 2.73 bits per heavy atom. The van der Waals surface area contributed by atoms with Crippen LogP contribution in [0.25, 0.3) is 0 Å². The molecule has 0 amide bonds. The maximum absolute atomic E-state index is 5.87. The van der Waals surface area contributed by atoms with Gasteiger partial charge in [-0.15, -0.1) is 0 Å². The quantitative estimate of drug-likeness (QED) is 0.915. The first-order valence-corrected chi connectivity index (χ1v) is 5.42. The maximum Gasteiger partial charge on any atom is 0.171 e. The lowest BCUT2D eigenvalue weighted by atomic mass is 10.3. The monoisotopic (exact) mass is 283 g/mol. The van der Waals surface area contributed by atoms with E-state index in [1.807, 2.05) is 24.3 Å². The molecular weight excluding hydrogens is 277 g/mol. The van der Waals surface area contributed by atoms with E-state index in [0.29, 0.717) is 11.0 Å². The SMILES string of the molecule is Clc1nccnc1Nc1cccc(Br)c1. The van der Waals surface area contributed by atoms with Crippen LogP contribution < -0.4 is 5.32 Å². The Morgan fingerprint density at radius 1 is 1.20 bits per heavy atom. The number of benzene rings is 1. The van der Waals surface area contributed by atoms with Gasteiger partial charge in [-0.05, 0) is 18.2 Å². The van der Waals surface area contributed by atoms with Gasteiger partial charge in [-0.25, -0.2) is 9.97 Å². The van der Waals surface area contributed by atoms with Gasteiger partial charge in [-0.3, -0.25) is 0 Å². The highest BCUT2D eigenvalue weighted by atomic mass is 79.9. The fourth-order valence-corrected chi connectivity index (χ4v) is 1.66. The zero-order valence-electron chi connectivity index (χ0n) is 7.61. The van der Waals surface area contributed by atoms with Crippen LogP contribution in [0, 0.1) is 0 Å². The Labute approximate surface area is 101 Å². The summed E-state index contributed by atoms with van der Waals surface area (Å²) < 4.78 is 0.993. The van der Waals surface area contributed by atoms with Gasteiger partial charge in [0, 0.05) is 22.6 Å². The predicted octanol–water partition coefficient (Wildman–Crippen LogP) is 3.64. The van der Waals surface area contributed by atoms with Gasteiger partial charge in [0.2, 0.25) is 0 Å². The molecule has 0 aliphatic heterocycles. The minimum atomic E-state index is 0.359. The van der Waals surface area contributed by atoms with Gasteiger partial charge in [0.1, 0.15) is 0 Å². The van der Waals surface area contributed by atoms with Crippen LogP contribution in [-0.2, 0) is 0 Å². The smallest absolute Gasteiger partial charge is 0.171 e. The number of halogens is 2. The number of hydrogen-bond donors (Lipinski definition) is 1. The van der Waals surface area contributed by atoms with E-state index in [-0.39, 0.29) is 0 Å². The fraction of sp³-hybridized carbons (Fsp3) is 0. The number of nitrogens with one attached hydrogen (secondary N) is 1. The van der Waals surface area contributed by atoms with Crippen molar-refractivity contribution in [2.45, 2.75) is 0 Å². The largest absolute Gasteiger partial charge is 0.338 e. The second-order valence-corrected chi connectivity index (χ2v) is 4.10. The van der Waals surface area contributed by atoms with Crippen molar-refractivity contribution < 1.29 is 0 Å². The summed E-state index contributed by atoms with van der Waals surface area (Å²) in [5.74, 6) is 0.553. The summed E-state index contributed by atoms with van der Waals surface area (Å²) >= 11 is 9.25. The van der Waals surface area contributed by atoms with Crippen molar-refractivity contribution in [2.24, 2.45) is 0 Å². The molecule has 0 radical (unpaired) electrons. The van der Waals surface area contributed by atoms with E-state index in [1.165, 1.54) is 0 Å². The molecule has 0 bridgehead atoms. The molecule has 1 aromatic carbocycles. The number of rotatable bonds is 2. The molecule has 0 fully saturated rings. The van der Waals surface area contributed by atoms with Gasteiger partial charge in [-0.1, -0.05) is 33.6 Å². The number of hydrogen-bond acceptors (Lipinski definition) is 3. The molecule has 0 spiro atoms. The minimum absolute atomic E-state index is 0.359. The molecule has 1 N–H and O–H groups in total. The van der Waals surface area contributed by atoms with Crippen LogP contribution in [-0.4, -0.2) is 9.97 Å². The van der Waals surface area contributed by atoms with E-state index in [9.17, 15) is 0 Å². The average molecular weight is 285 g/mol. The summed E-state index contributed by atoms with van der Waals surface area (Å²) in [5.41, 5.74) is 0.909. The second-order valence-electron chi connectivity index (χ2n) is 2.83. The minimum Gasteiger partial charge on any atom is -0.338 e. The lowest BCUT2D eigenvalue weighted by Gasteiger charge is -2.06. The second kappa shape index (κ2) is 4.59. The first kappa shape index (κ1) is 10.4. The number of aromatic nitrogens is 2. The Balaban J connectivity index is 2.26. The molecule has 15 heavy (non-hydrogen) atoms. The molecule has 5 heteroatoms. The standard InChI is InChI=1S/C10H7BrClN3/c11-7-2-1-3-8(6-7)15-10-9(12)13-4-5-14-10/h1-6H,(H,14,15). The summed E-state index contributed by atoms with van der Waals surface area (Å²) in [7, 11) is 0. The number of nitrogens with zero attached hydrogens (tertiary/aromatic N) is 2. The van der Waals surface area contributed by atoms with Crippen LogP contribution in [0.3, 0.4) is 0 Å². The van der Waals surface area contributed by atoms with Crippen LogP contribution in [0.5, 0.6) is 0 Å². The highest BCUT2D eigenvalue weighted by molar-refractivity contribution is 9.10. The molecule has 0 aliphatic rings. The van der Waals surface area contributed by atoms with Gasteiger partial charge in [0.05, 0.1) is 0 Å². The molecule has 0 saturated carbocycles. The van der Waals surface area contributed by atoms with E-state index in [4.69, 9.17) is 11.6 Å². The normalized spacial score (nSPS) is 10.0. The molecule has 2 aromatic rings. The third-order valence-electron chi connectivity index (χ3n) is 1.74. The molecule has 0 unspecified atom stereocenters. The van der Waals surface area contributed by atoms with Crippen LogP contribution in [0.1, 0.15) is 0 Å². The zero-order chi connectivity index (χ0) is 10.7. The van der Waals surface area contributed by atoms with E-state index in [1.54, 1.807) is 12.4 Å². The molecule has 1 aromatic heterocycles. The lowest BCUT2D eigenvalue weighted by Crippen LogP contribution is -1.95. The Bertz CT molecular complexity index is 476. The molecular formula is C10H7BrClN3. The van der Waals surface area contributed by atoms with Crippen molar-refractivity contribution in [2.75, 3.05) is 5.32 Å². The maximum atomic E-state index is 5.87. The van der Waals surface area contributed by atoms with E-state index in [0.717, 1.165) is 10.2 Å². The van der Waals surface area contributed by atoms with Crippen molar-refractivity contribution in [3.63, 3.8) is 0 Å². The molecule has 1 heterocycles. The Kier molecular flexibility index (Phi) is 3.18. The predicted molar refractivity (Wildman–Crippen MR) is 64.5 cm³/mol. The van der Waals surface area contributed by atoms with Gasteiger partial charge in [-0.2, -0.15) is 0 Å². The highest BCUT2D eigenvalue weighted by Crippen LogP contribution is 2.22. The van der Waals surface area contributed by atoms with Gasteiger partial charge in [0.15, 0.2) is 11.0 Å². The van der Waals surface area contributed by atoms with Crippen molar-refractivity contribution >= 4 is 39.0 Å². The van der Waals surface area contributed by atoms with Crippen molar-refractivity contribution in [1.82, 2.24) is 9.97 Å². The Morgan fingerprint density at radius 2 is 2.00 bits per heavy atom. The third-order valence-corrected chi connectivity index (χ3v) is 2.51. The summed E-state index contributed by atoms with van der Waals surface area (Å²) in [4.78, 5) is 8.01. The van der Waals surface area contributed by atoms with Gasteiger partial charge >= 0.3 is 0 Å². The van der Waals surface area contributed by atoms with Crippen LogP contribution in [0.15, 0.2) is 41.1 Å². The van der Waals surface area contributed by atoms with Gasteiger partial charge < -0.3 is 5.32 Å². The van der Waals surface area contributed by atoms with Crippen LogP contribution in [0.2, 0.25) is 5.15 Å². The van der Waals surface area contributed by atoms with Gasteiger partial charge in [0.25, 0.3) is 0 Å². The molecule has 0 atom stereocenters. The lowest BCUT2D eigenvalue weighted by molar-refractivity contribution is 1.20. The molecule has 3 nitrogen and oxygen atoms in total. The topological polar surface area (TPSA) is 37.8 Å². The zero-order valence-corrected chi connectivity index (χ0v) is 9.96. The summed E-state index contributed by atoms with van der Waals surface area (Å²) in [5, 5.41) is 3.44. The first-order chi connectivity index (χ1) is 7.25. The fourth-order valence-electron chi connectivity index (χ4n) is 1.11. The molecule has 0 saturated heterocycles. The first-order valence-electron chi connectivity index (χ1n) is 4.25. The van der Waals surface area contributed by atoms with Crippen molar-refractivity contribution in [1.29, 1.82) is 0 Å². The average Bonchev–Trinajstić information content (AvgIpc) is 2.22. The van der Waals surface area contributed by atoms with Crippen LogP contribution >= 0.6 is 27.5 Å². The molecule has 2 rings (SSSR count). The summed E-state index contributed by atoms with van der Waals surface area (Å²) in [6.07, 6.45) is 3.14.